The summed E-state index contributed by atoms with van der Waals surface area (Å²) in [6.07, 6.45) is 4.54. The molecule has 2 aromatic rings. The van der Waals surface area contributed by atoms with Gasteiger partial charge in [-0.3, -0.25) is 4.98 Å². The van der Waals surface area contributed by atoms with Gasteiger partial charge in [0.15, 0.2) is 0 Å². The second-order valence-corrected chi connectivity index (χ2v) is 5.38. The number of hydrogen-bond acceptors (Lipinski definition) is 7. The molecule has 3 heterocycles. The Labute approximate surface area is 135 Å². The van der Waals surface area contributed by atoms with Gasteiger partial charge in [0.2, 0.25) is 17.7 Å². The van der Waals surface area contributed by atoms with Crippen molar-refractivity contribution < 1.29 is 14.2 Å². The lowest BCUT2D eigenvalue weighted by Gasteiger charge is -2.19. The minimum absolute atomic E-state index is 0.139. The second kappa shape index (κ2) is 7.23. The summed E-state index contributed by atoms with van der Waals surface area (Å²) in [6.45, 7) is 1.33. The monoisotopic (exact) mass is 316 g/mol. The summed E-state index contributed by atoms with van der Waals surface area (Å²) >= 11 is 0. The van der Waals surface area contributed by atoms with Crippen LogP contribution >= 0.6 is 0 Å². The summed E-state index contributed by atoms with van der Waals surface area (Å²) in [5, 5.41) is 3.34. The van der Waals surface area contributed by atoms with Gasteiger partial charge in [0.25, 0.3) is 0 Å². The summed E-state index contributed by atoms with van der Waals surface area (Å²) in [5.41, 5.74) is 1.24. The van der Waals surface area contributed by atoms with Crippen molar-refractivity contribution in [2.24, 2.45) is 5.92 Å². The average molecular weight is 316 g/mol. The Hall–Kier alpha value is -2.41. The number of ether oxygens (including phenoxy) is 3. The summed E-state index contributed by atoms with van der Waals surface area (Å²) in [5.74, 6) is 1.75. The van der Waals surface area contributed by atoms with E-state index in [9.17, 15) is 0 Å². The van der Waals surface area contributed by atoms with Crippen molar-refractivity contribution in [2.75, 3.05) is 32.8 Å². The van der Waals surface area contributed by atoms with E-state index >= 15 is 0 Å². The molecule has 0 amide bonds. The van der Waals surface area contributed by atoms with Gasteiger partial charge in [-0.15, -0.1) is 0 Å². The molecule has 1 N–H and O–H groups in total. The molecule has 1 aliphatic heterocycles. The van der Waals surface area contributed by atoms with E-state index in [1.165, 1.54) is 5.56 Å². The van der Waals surface area contributed by atoms with E-state index in [2.05, 4.69) is 20.3 Å². The molecular weight excluding hydrogens is 296 g/mol. The molecule has 0 bridgehead atoms. The van der Waals surface area contributed by atoms with Crippen molar-refractivity contribution >= 4 is 5.95 Å². The van der Waals surface area contributed by atoms with Crippen molar-refractivity contribution in [2.45, 2.75) is 12.5 Å². The predicted octanol–water partition coefficient (Wildman–Crippen LogP) is 1.56. The Morgan fingerprint density at radius 2 is 1.83 bits per heavy atom. The van der Waals surface area contributed by atoms with Crippen LogP contribution in [0.1, 0.15) is 5.56 Å². The molecular formula is C16H20N4O3. The fraction of sp³-hybridized carbons (Fsp3) is 0.438. The molecule has 0 aromatic carbocycles. The third-order valence-electron chi connectivity index (χ3n) is 3.86. The van der Waals surface area contributed by atoms with Crippen LogP contribution in [0, 0.1) is 5.92 Å². The van der Waals surface area contributed by atoms with Gasteiger partial charge in [0.05, 0.1) is 39.5 Å². The normalized spacial score (nSPS) is 20.3. The van der Waals surface area contributed by atoms with Crippen LogP contribution in [0.2, 0.25) is 0 Å². The van der Waals surface area contributed by atoms with Crippen molar-refractivity contribution in [3.05, 3.63) is 36.2 Å². The first-order valence-electron chi connectivity index (χ1n) is 7.48. The predicted molar refractivity (Wildman–Crippen MR) is 84.8 cm³/mol. The first-order valence-corrected chi connectivity index (χ1v) is 7.48. The minimum Gasteiger partial charge on any atom is -0.481 e. The van der Waals surface area contributed by atoms with Crippen LogP contribution in [0.3, 0.4) is 0 Å². The lowest BCUT2D eigenvalue weighted by molar-refractivity contribution is 0.185. The molecule has 7 heteroatoms. The van der Waals surface area contributed by atoms with Crippen LogP contribution in [0.4, 0.5) is 5.95 Å². The van der Waals surface area contributed by atoms with Crippen molar-refractivity contribution in [1.29, 1.82) is 0 Å². The van der Waals surface area contributed by atoms with Gasteiger partial charge in [0, 0.05) is 18.3 Å². The number of aromatic nitrogens is 3. The molecule has 0 saturated carbocycles. The van der Waals surface area contributed by atoms with E-state index in [1.807, 2.05) is 24.5 Å². The molecule has 23 heavy (non-hydrogen) atoms. The Morgan fingerprint density at radius 3 is 2.48 bits per heavy atom. The molecule has 1 fully saturated rings. The fourth-order valence-corrected chi connectivity index (χ4v) is 2.62. The standard InChI is InChI=1S/C16H20N4O3/c1-21-14-8-15(22-2)20-16(19-14)18-13-10-23-9-12(13)7-11-3-5-17-6-4-11/h3-6,8,12-13H,7,9-10H2,1-2H3,(H,18,19,20)/t12-,13-/m1/s1. The van der Waals surface area contributed by atoms with E-state index in [0.29, 0.717) is 36.8 Å². The SMILES string of the molecule is COc1cc(OC)nc(N[C@@H]2COC[C@H]2Cc2ccncc2)n1. The van der Waals surface area contributed by atoms with Gasteiger partial charge in [-0.25, -0.2) is 0 Å². The first-order chi connectivity index (χ1) is 11.3. The molecule has 0 spiro atoms. The molecule has 1 aliphatic rings. The third-order valence-corrected chi connectivity index (χ3v) is 3.86. The maximum absolute atomic E-state index is 5.63. The number of nitrogens with zero attached hydrogens (tertiary/aromatic N) is 3. The maximum atomic E-state index is 5.63. The second-order valence-electron chi connectivity index (χ2n) is 5.38. The first kappa shape index (κ1) is 15.5. The fourth-order valence-electron chi connectivity index (χ4n) is 2.62. The third kappa shape index (κ3) is 3.87. The highest BCUT2D eigenvalue weighted by Crippen LogP contribution is 2.23. The van der Waals surface area contributed by atoms with E-state index < -0.39 is 0 Å². The molecule has 1 saturated heterocycles. The lowest BCUT2D eigenvalue weighted by atomic mass is 9.95. The number of nitrogens with one attached hydrogen (secondary N) is 1. The molecule has 2 atom stereocenters. The van der Waals surface area contributed by atoms with E-state index in [4.69, 9.17) is 14.2 Å². The summed E-state index contributed by atoms with van der Waals surface area (Å²) in [7, 11) is 3.13. The van der Waals surface area contributed by atoms with Crippen LogP contribution in [-0.2, 0) is 11.2 Å². The molecule has 0 aliphatic carbocycles. The van der Waals surface area contributed by atoms with E-state index in [0.717, 1.165) is 6.42 Å². The van der Waals surface area contributed by atoms with Crippen molar-refractivity contribution in [1.82, 2.24) is 15.0 Å². The number of hydrogen-bond donors (Lipinski definition) is 1. The highest BCUT2D eigenvalue weighted by atomic mass is 16.5. The summed E-state index contributed by atoms with van der Waals surface area (Å²) in [4.78, 5) is 12.7. The molecule has 0 radical (unpaired) electrons. The average Bonchev–Trinajstić information content (AvgIpc) is 3.02. The van der Waals surface area contributed by atoms with Gasteiger partial charge >= 0.3 is 0 Å². The number of anilines is 1. The molecule has 0 unspecified atom stereocenters. The summed E-state index contributed by atoms with van der Waals surface area (Å²) < 4.78 is 16.0. The Balaban J connectivity index is 1.71. The Morgan fingerprint density at radius 1 is 1.13 bits per heavy atom. The highest BCUT2D eigenvalue weighted by molar-refractivity contribution is 5.35. The number of pyridine rings is 1. The van der Waals surface area contributed by atoms with Crippen LogP contribution in [0.15, 0.2) is 30.6 Å². The summed E-state index contributed by atoms with van der Waals surface area (Å²) in [6, 6.07) is 5.84. The van der Waals surface area contributed by atoms with Crippen molar-refractivity contribution in [3.63, 3.8) is 0 Å². The van der Waals surface area contributed by atoms with Gasteiger partial charge in [-0.05, 0) is 24.1 Å². The number of methoxy groups -OCH3 is 2. The quantitative estimate of drug-likeness (QED) is 0.866. The molecule has 122 valence electrons. The Bertz CT molecular complexity index is 616. The molecule has 2 aromatic heterocycles. The number of rotatable bonds is 6. The molecule has 3 rings (SSSR count). The van der Waals surface area contributed by atoms with Crippen LogP contribution in [0.5, 0.6) is 11.8 Å². The zero-order valence-corrected chi connectivity index (χ0v) is 13.2. The topological polar surface area (TPSA) is 78.4 Å². The van der Waals surface area contributed by atoms with Gasteiger partial charge in [-0.2, -0.15) is 9.97 Å². The lowest BCUT2D eigenvalue weighted by Crippen LogP contribution is -2.30. The highest BCUT2D eigenvalue weighted by Gasteiger charge is 2.29. The smallest absolute Gasteiger partial charge is 0.229 e. The van der Waals surface area contributed by atoms with Crippen molar-refractivity contribution in [3.8, 4) is 11.8 Å². The zero-order chi connectivity index (χ0) is 16.1. The van der Waals surface area contributed by atoms with Gasteiger partial charge in [-0.1, -0.05) is 0 Å². The van der Waals surface area contributed by atoms with Gasteiger partial charge in [0.1, 0.15) is 0 Å². The van der Waals surface area contributed by atoms with Crippen LogP contribution in [-0.4, -0.2) is 48.4 Å². The Kier molecular flexibility index (Phi) is 4.87. The van der Waals surface area contributed by atoms with Crippen LogP contribution in [0.25, 0.3) is 0 Å². The molecule has 7 nitrogen and oxygen atoms in total. The van der Waals surface area contributed by atoms with E-state index in [-0.39, 0.29) is 6.04 Å². The van der Waals surface area contributed by atoms with Gasteiger partial charge < -0.3 is 19.5 Å². The zero-order valence-electron chi connectivity index (χ0n) is 13.2. The largest absolute Gasteiger partial charge is 0.481 e. The maximum Gasteiger partial charge on any atom is 0.229 e. The van der Waals surface area contributed by atoms with E-state index in [1.54, 1.807) is 20.3 Å². The minimum atomic E-state index is 0.139. The van der Waals surface area contributed by atoms with Crippen LogP contribution < -0.4 is 14.8 Å².